The number of carbonyl (C=O) groups excluding carboxylic acids is 1. The van der Waals surface area contributed by atoms with E-state index in [-0.39, 0.29) is 18.4 Å². The van der Waals surface area contributed by atoms with Gasteiger partial charge in [0.25, 0.3) is 0 Å². The standard InChI is InChI=1S/C15H24N4O2/c1-11(2)12-5-4-6-13(9-12)19-15(16)18-10-14(20)17-7-8-21-3/h4-6,9,11H,7-8,10H2,1-3H3,(H,17,20)(H3,16,18,19). The molecule has 0 fully saturated rings. The third kappa shape index (κ3) is 6.76. The molecule has 0 bridgehead atoms. The zero-order chi connectivity index (χ0) is 15.7. The fraction of sp³-hybridized carbons (Fsp3) is 0.467. The van der Waals surface area contributed by atoms with Gasteiger partial charge in [-0.15, -0.1) is 0 Å². The van der Waals surface area contributed by atoms with Crippen molar-refractivity contribution >= 4 is 17.6 Å². The maximum Gasteiger partial charge on any atom is 0.241 e. The lowest BCUT2D eigenvalue weighted by Crippen LogP contribution is -2.31. The molecule has 0 atom stereocenters. The average Bonchev–Trinajstić information content (AvgIpc) is 2.45. The van der Waals surface area contributed by atoms with E-state index in [4.69, 9.17) is 10.5 Å². The number of carbonyl (C=O) groups is 1. The zero-order valence-corrected chi connectivity index (χ0v) is 12.8. The van der Waals surface area contributed by atoms with Crippen LogP contribution in [0.1, 0.15) is 25.3 Å². The van der Waals surface area contributed by atoms with Crippen LogP contribution in [0.3, 0.4) is 0 Å². The van der Waals surface area contributed by atoms with Gasteiger partial charge in [0, 0.05) is 19.3 Å². The molecule has 0 heterocycles. The van der Waals surface area contributed by atoms with E-state index in [1.165, 1.54) is 5.56 Å². The first-order chi connectivity index (χ1) is 10.0. The lowest BCUT2D eigenvalue weighted by molar-refractivity contribution is -0.119. The van der Waals surface area contributed by atoms with Gasteiger partial charge in [-0.3, -0.25) is 4.79 Å². The summed E-state index contributed by atoms with van der Waals surface area (Å²) in [6.45, 7) is 5.19. The SMILES string of the molecule is COCCNC(=O)CN=C(N)Nc1cccc(C(C)C)c1. The summed E-state index contributed by atoms with van der Waals surface area (Å²) in [5.41, 5.74) is 7.85. The number of guanidine groups is 1. The van der Waals surface area contributed by atoms with Crippen molar-refractivity contribution in [3.8, 4) is 0 Å². The summed E-state index contributed by atoms with van der Waals surface area (Å²) < 4.78 is 4.84. The maximum absolute atomic E-state index is 11.5. The van der Waals surface area contributed by atoms with Crippen molar-refractivity contribution in [3.05, 3.63) is 29.8 Å². The van der Waals surface area contributed by atoms with Crippen molar-refractivity contribution in [2.75, 3.05) is 32.1 Å². The Morgan fingerprint density at radius 3 is 2.86 bits per heavy atom. The van der Waals surface area contributed by atoms with Crippen LogP contribution in [0.4, 0.5) is 5.69 Å². The molecule has 0 aliphatic carbocycles. The van der Waals surface area contributed by atoms with E-state index in [9.17, 15) is 4.79 Å². The predicted molar refractivity (Wildman–Crippen MR) is 85.5 cm³/mol. The summed E-state index contributed by atoms with van der Waals surface area (Å²) in [7, 11) is 1.58. The number of nitrogens with zero attached hydrogens (tertiary/aromatic N) is 1. The fourth-order valence-electron chi connectivity index (χ4n) is 1.67. The first-order valence-corrected chi connectivity index (χ1v) is 6.95. The van der Waals surface area contributed by atoms with Gasteiger partial charge in [0.2, 0.25) is 5.91 Å². The van der Waals surface area contributed by atoms with Crippen molar-refractivity contribution in [2.24, 2.45) is 10.7 Å². The molecule has 4 N–H and O–H groups in total. The van der Waals surface area contributed by atoms with Gasteiger partial charge in [-0.05, 0) is 23.6 Å². The Labute approximate surface area is 125 Å². The number of hydrogen-bond donors (Lipinski definition) is 3. The van der Waals surface area contributed by atoms with Crippen LogP contribution in [-0.4, -0.2) is 38.7 Å². The third-order valence-corrected chi connectivity index (χ3v) is 2.85. The van der Waals surface area contributed by atoms with E-state index < -0.39 is 0 Å². The first kappa shape index (κ1) is 17.0. The molecule has 0 aliphatic rings. The molecule has 116 valence electrons. The van der Waals surface area contributed by atoms with E-state index in [1.807, 2.05) is 18.2 Å². The quantitative estimate of drug-likeness (QED) is 0.401. The normalized spacial score (nSPS) is 11.5. The Morgan fingerprint density at radius 2 is 2.19 bits per heavy atom. The van der Waals surface area contributed by atoms with Gasteiger partial charge >= 0.3 is 0 Å². The summed E-state index contributed by atoms with van der Waals surface area (Å²) in [4.78, 5) is 15.5. The Balaban J connectivity index is 2.48. The highest BCUT2D eigenvalue weighted by molar-refractivity contribution is 5.93. The van der Waals surface area contributed by atoms with Gasteiger partial charge in [0.15, 0.2) is 5.96 Å². The Kier molecular flexibility index (Phi) is 7.25. The van der Waals surface area contributed by atoms with E-state index in [1.54, 1.807) is 7.11 Å². The molecule has 1 amide bonds. The van der Waals surface area contributed by atoms with Crippen molar-refractivity contribution < 1.29 is 9.53 Å². The number of aliphatic imine (C=N–C) groups is 1. The van der Waals surface area contributed by atoms with Gasteiger partial charge in [-0.25, -0.2) is 4.99 Å². The number of benzene rings is 1. The fourth-order valence-corrected chi connectivity index (χ4v) is 1.67. The second-order valence-corrected chi connectivity index (χ2v) is 4.95. The topological polar surface area (TPSA) is 88.7 Å². The smallest absolute Gasteiger partial charge is 0.241 e. The Bertz CT molecular complexity index is 486. The number of anilines is 1. The number of amides is 1. The second kappa shape index (κ2) is 8.97. The molecule has 0 saturated carbocycles. The lowest BCUT2D eigenvalue weighted by Gasteiger charge is -2.10. The summed E-state index contributed by atoms with van der Waals surface area (Å²) in [5, 5.41) is 5.66. The van der Waals surface area contributed by atoms with Crippen LogP contribution in [0.2, 0.25) is 0 Å². The van der Waals surface area contributed by atoms with Crippen LogP contribution in [0.25, 0.3) is 0 Å². The Hall–Kier alpha value is -2.08. The predicted octanol–water partition coefficient (Wildman–Crippen LogP) is 1.30. The summed E-state index contributed by atoms with van der Waals surface area (Å²) >= 11 is 0. The maximum atomic E-state index is 11.5. The zero-order valence-electron chi connectivity index (χ0n) is 12.8. The van der Waals surface area contributed by atoms with Crippen LogP contribution in [0, 0.1) is 0 Å². The molecule has 0 aliphatic heterocycles. The highest BCUT2D eigenvalue weighted by Gasteiger charge is 2.02. The minimum absolute atomic E-state index is 0.00752. The number of methoxy groups -OCH3 is 1. The molecule has 0 unspecified atom stereocenters. The molecule has 1 aromatic rings. The number of rotatable bonds is 7. The summed E-state index contributed by atoms with van der Waals surface area (Å²) in [6, 6.07) is 7.95. The van der Waals surface area contributed by atoms with Gasteiger partial charge in [-0.2, -0.15) is 0 Å². The van der Waals surface area contributed by atoms with Crippen molar-refractivity contribution in [2.45, 2.75) is 19.8 Å². The van der Waals surface area contributed by atoms with Crippen LogP contribution >= 0.6 is 0 Å². The van der Waals surface area contributed by atoms with Gasteiger partial charge in [-0.1, -0.05) is 26.0 Å². The minimum atomic E-state index is -0.187. The van der Waals surface area contributed by atoms with Crippen LogP contribution in [0.5, 0.6) is 0 Å². The van der Waals surface area contributed by atoms with Gasteiger partial charge in [0.05, 0.1) is 6.61 Å². The molecule has 1 aromatic carbocycles. The molecule has 6 nitrogen and oxygen atoms in total. The highest BCUT2D eigenvalue weighted by Crippen LogP contribution is 2.18. The largest absolute Gasteiger partial charge is 0.383 e. The molecule has 6 heteroatoms. The lowest BCUT2D eigenvalue weighted by atomic mass is 10.0. The average molecular weight is 292 g/mol. The van der Waals surface area contributed by atoms with Crippen molar-refractivity contribution in [1.82, 2.24) is 5.32 Å². The summed E-state index contributed by atoms with van der Waals surface area (Å²) in [6.07, 6.45) is 0. The van der Waals surface area contributed by atoms with E-state index >= 15 is 0 Å². The van der Waals surface area contributed by atoms with Gasteiger partial charge < -0.3 is 21.1 Å². The molecule has 0 saturated heterocycles. The van der Waals surface area contributed by atoms with E-state index in [0.717, 1.165) is 5.69 Å². The molecular weight excluding hydrogens is 268 g/mol. The molecular formula is C15H24N4O2. The molecule has 0 spiro atoms. The molecule has 21 heavy (non-hydrogen) atoms. The number of hydrogen-bond acceptors (Lipinski definition) is 3. The van der Waals surface area contributed by atoms with Crippen LogP contribution in [0.15, 0.2) is 29.3 Å². The molecule has 0 aromatic heterocycles. The van der Waals surface area contributed by atoms with Crippen molar-refractivity contribution in [1.29, 1.82) is 0 Å². The minimum Gasteiger partial charge on any atom is -0.383 e. The van der Waals surface area contributed by atoms with Crippen LogP contribution < -0.4 is 16.4 Å². The van der Waals surface area contributed by atoms with Gasteiger partial charge in [0.1, 0.15) is 6.54 Å². The van der Waals surface area contributed by atoms with E-state index in [0.29, 0.717) is 19.1 Å². The second-order valence-electron chi connectivity index (χ2n) is 4.95. The summed E-state index contributed by atoms with van der Waals surface area (Å²) in [5.74, 6) is 0.474. The monoisotopic (exact) mass is 292 g/mol. The Morgan fingerprint density at radius 1 is 1.43 bits per heavy atom. The first-order valence-electron chi connectivity index (χ1n) is 6.95. The number of nitrogens with one attached hydrogen (secondary N) is 2. The number of ether oxygens (including phenoxy) is 1. The van der Waals surface area contributed by atoms with Crippen molar-refractivity contribution in [3.63, 3.8) is 0 Å². The van der Waals surface area contributed by atoms with E-state index in [2.05, 4.69) is 35.5 Å². The number of nitrogens with two attached hydrogens (primary N) is 1. The third-order valence-electron chi connectivity index (χ3n) is 2.85. The molecule has 0 radical (unpaired) electrons. The highest BCUT2D eigenvalue weighted by atomic mass is 16.5. The van der Waals surface area contributed by atoms with Crippen LogP contribution in [-0.2, 0) is 9.53 Å². The molecule has 1 rings (SSSR count).